The number of rotatable bonds is 0. The van der Waals surface area contributed by atoms with Gasteiger partial charge in [-0.05, 0) is 0 Å². The van der Waals surface area contributed by atoms with Gasteiger partial charge >= 0.3 is 0 Å². The molecule has 0 aromatic carbocycles. The number of hydroxylamine groups is 2. The summed E-state index contributed by atoms with van der Waals surface area (Å²) in [6, 6.07) is 0. The summed E-state index contributed by atoms with van der Waals surface area (Å²) in [7, 11) is 1.59. The molecule has 0 aliphatic carbocycles. The molecule has 0 saturated heterocycles. The molecule has 3 heteroatoms. The maximum atomic E-state index is 10.5. The third-order valence-corrected chi connectivity index (χ3v) is 0.935. The number of amides is 1. The minimum absolute atomic E-state index is 0.101. The normalized spacial score (nSPS) is 19.6. The van der Waals surface area contributed by atoms with E-state index in [0.29, 0.717) is 6.61 Å². The van der Waals surface area contributed by atoms with Crippen LogP contribution >= 0.6 is 0 Å². The molecule has 1 amide bonds. The molecule has 0 aromatic rings. The average Bonchev–Trinajstić information content (AvgIpc) is 1.77. The molecule has 44 valence electrons. The highest BCUT2D eigenvalue weighted by Gasteiger charge is 2.06. The van der Waals surface area contributed by atoms with Gasteiger partial charge in [-0.2, -0.15) is 0 Å². The summed E-state index contributed by atoms with van der Waals surface area (Å²) in [5.74, 6) is -0.101. The van der Waals surface area contributed by atoms with Crippen LogP contribution in [0, 0.1) is 0 Å². The zero-order valence-electron chi connectivity index (χ0n) is 4.63. The van der Waals surface area contributed by atoms with E-state index >= 15 is 0 Å². The Hall–Kier alpha value is -0.830. The predicted octanol–water partition coefficient (Wildman–Crippen LogP) is -0.0538. The standard InChI is InChI=1S/C5H7NO2/c1-6-5(7)3-2-4-8-6/h2-3H,4H2,1H3. The lowest BCUT2D eigenvalue weighted by Crippen LogP contribution is -2.28. The lowest BCUT2D eigenvalue weighted by Gasteiger charge is -2.16. The molecule has 1 rings (SSSR count). The van der Waals surface area contributed by atoms with Gasteiger partial charge in [0.25, 0.3) is 5.91 Å². The van der Waals surface area contributed by atoms with Crippen LogP contribution in [0.5, 0.6) is 0 Å². The van der Waals surface area contributed by atoms with Gasteiger partial charge in [-0.25, -0.2) is 5.06 Å². The molecule has 0 aromatic heterocycles. The predicted molar refractivity (Wildman–Crippen MR) is 27.9 cm³/mol. The van der Waals surface area contributed by atoms with E-state index in [4.69, 9.17) is 4.84 Å². The van der Waals surface area contributed by atoms with Crippen molar-refractivity contribution in [3.63, 3.8) is 0 Å². The Morgan fingerprint density at radius 2 is 2.62 bits per heavy atom. The number of hydrogen-bond acceptors (Lipinski definition) is 2. The molecule has 0 unspecified atom stereocenters. The van der Waals surface area contributed by atoms with Crippen molar-refractivity contribution < 1.29 is 9.63 Å². The van der Waals surface area contributed by atoms with Crippen LogP contribution in [-0.2, 0) is 9.63 Å². The second-order valence-corrected chi connectivity index (χ2v) is 1.53. The first-order valence-corrected chi connectivity index (χ1v) is 2.38. The third-order valence-electron chi connectivity index (χ3n) is 0.935. The van der Waals surface area contributed by atoms with Crippen LogP contribution in [0.2, 0.25) is 0 Å². The Balaban J connectivity index is 2.60. The lowest BCUT2D eigenvalue weighted by molar-refractivity contribution is -0.171. The van der Waals surface area contributed by atoms with Crippen LogP contribution in [0.4, 0.5) is 0 Å². The molecule has 1 heterocycles. The molecule has 1 aliphatic heterocycles. The van der Waals surface area contributed by atoms with Crippen LogP contribution < -0.4 is 0 Å². The van der Waals surface area contributed by atoms with E-state index in [1.54, 1.807) is 13.1 Å². The van der Waals surface area contributed by atoms with E-state index in [1.807, 2.05) is 0 Å². The Bertz CT molecular complexity index is 130. The van der Waals surface area contributed by atoms with Gasteiger partial charge in [0.15, 0.2) is 0 Å². The Kier molecular flexibility index (Phi) is 1.30. The smallest absolute Gasteiger partial charge is 0.267 e. The van der Waals surface area contributed by atoms with Crippen molar-refractivity contribution in [2.75, 3.05) is 13.7 Å². The van der Waals surface area contributed by atoms with Gasteiger partial charge in [0.1, 0.15) is 0 Å². The van der Waals surface area contributed by atoms with Crippen molar-refractivity contribution in [1.82, 2.24) is 5.06 Å². The Labute approximate surface area is 47.5 Å². The van der Waals surface area contributed by atoms with E-state index in [2.05, 4.69) is 0 Å². The number of nitrogens with zero attached hydrogens (tertiary/aromatic N) is 1. The summed E-state index contributed by atoms with van der Waals surface area (Å²) in [5.41, 5.74) is 0. The SMILES string of the molecule is CN1OCC=CC1=O. The minimum Gasteiger partial charge on any atom is -0.267 e. The van der Waals surface area contributed by atoms with Crippen molar-refractivity contribution in [2.24, 2.45) is 0 Å². The fourth-order valence-corrected chi connectivity index (χ4v) is 0.472. The van der Waals surface area contributed by atoms with Crippen LogP contribution in [0.1, 0.15) is 0 Å². The molecule has 0 fully saturated rings. The minimum atomic E-state index is -0.101. The summed E-state index contributed by atoms with van der Waals surface area (Å²) < 4.78 is 0. The molecule has 8 heavy (non-hydrogen) atoms. The van der Waals surface area contributed by atoms with Crippen molar-refractivity contribution in [2.45, 2.75) is 0 Å². The first-order valence-electron chi connectivity index (χ1n) is 2.38. The molecule has 0 radical (unpaired) electrons. The maximum Gasteiger partial charge on any atom is 0.269 e. The molecule has 3 nitrogen and oxygen atoms in total. The van der Waals surface area contributed by atoms with Gasteiger partial charge in [-0.15, -0.1) is 0 Å². The molecule has 1 aliphatic rings. The molecule has 0 saturated carbocycles. The van der Waals surface area contributed by atoms with Crippen molar-refractivity contribution >= 4 is 5.91 Å². The van der Waals surface area contributed by atoms with Crippen molar-refractivity contribution in [3.05, 3.63) is 12.2 Å². The highest BCUT2D eigenvalue weighted by atomic mass is 16.7. The Morgan fingerprint density at radius 3 is 3.00 bits per heavy atom. The number of likely N-dealkylation sites (N-methyl/N-ethyl adjacent to an activating group) is 1. The van der Waals surface area contributed by atoms with Crippen LogP contribution in [0.25, 0.3) is 0 Å². The van der Waals surface area contributed by atoms with E-state index in [-0.39, 0.29) is 5.91 Å². The largest absolute Gasteiger partial charge is 0.269 e. The maximum absolute atomic E-state index is 10.5. The van der Waals surface area contributed by atoms with Crippen LogP contribution in [-0.4, -0.2) is 24.6 Å². The van der Waals surface area contributed by atoms with Crippen LogP contribution in [0.15, 0.2) is 12.2 Å². The Morgan fingerprint density at radius 1 is 1.88 bits per heavy atom. The zero-order chi connectivity index (χ0) is 5.98. The van der Waals surface area contributed by atoms with Gasteiger partial charge in [0.2, 0.25) is 0 Å². The third kappa shape index (κ3) is 0.869. The van der Waals surface area contributed by atoms with Gasteiger partial charge in [0, 0.05) is 13.1 Å². The van der Waals surface area contributed by atoms with E-state index in [9.17, 15) is 4.79 Å². The van der Waals surface area contributed by atoms with E-state index < -0.39 is 0 Å². The van der Waals surface area contributed by atoms with Gasteiger partial charge in [-0.3, -0.25) is 9.63 Å². The molecular weight excluding hydrogens is 106 g/mol. The quantitative estimate of drug-likeness (QED) is 0.440. The highest BCUT2D eigenvalue weighted by Crippen LogP contribution is 1.94. The van der Waals surface area contributed by atoms with Gasteiger partial charge in [-0.1, -0.05) is 6.08 Å². The second-order valence-electron chi connectivity index (χ2n) is 1.53. The first kappa shape index (κ1) is 5.31. The topological polar surface area (TPSA) is 29.5 Å². The van der Waals surface area contributed by atoms with Crippen molar-refractivity contribution in [3.8, 4) is 0 Å². The van der Waals surface area contributed by atoms with E-state index in [1.165, 1.54) is 11.1 Å². The zero-order valence-corrected chi connectivity index (χ0v) is 4.63. The molecule has 0 N–H and O–H groups in total. The number of carbonyl (C=O) groups excluding carboxylic acids is 1. The molecular formula is C5H7NO2. The summed E-state index contributed by atoms with van der Waals surface area (Å²) in [5, 5.41) is 1.21. The number of carbonyl (C=O) groups is 1. The van der Waals surface area contributed by atoms with E-state index in [0.717, 1.165) is 0 Å². The summed E-state index contributed by atoms with van der Waals surface area (Å²) in [4.78, 5) is 15.3. The van der Waals surface area contributed by atoms with Gasteiger partial charge < -0.3 is 0 Å². The second kappa shape index (κ2) is 1.96. The summed E-state index contributed by atoms with van der Waals surface area (Å²) >= 11 is 0. The molecule has 0 bridgehead atoms. The number of hydrogen-bond donors (Lipinski definition) is 0. The molecule has 0 atom stereocenters. The highest BCUT2D eigenvalue weighted by molar-refractivity contribution is 5.86. The lowest BCUT2D eigenvalue weighted by atomic mass is 10.4. The first-order chi connectivity index (χ1) is 3.80. The summed E-state index contributed by atoms with van der Waals surface area (Å²) in [6.45, 7) is 0.502. The fraction of sp³-hybridized carbons (Fsp3) is 0.400. The van der Waals surface area contributed by atoms with Crippen LogP contribution in [0.3, 0.4) is 0 Å². The monoisotopic (exact) mass is 113 g/mol. The molecule has 0 spiro atoms. The average molecular weight is 113 g/mol. The van der Waals surface area contributed by atoms with Crippen molar-refractivity contribution in [1.29, 1.82) is 0 Å². The van der Waals surface area contributed by atoms with Gasteiger partial charge in [0.05, 0.1) is 6.61 Å². The summed E-state index contributed by atoms with van der Waals surface area (Å²) in [6.07, 6.45) is 3.17. The fourth-order valence-electron chi connectivity index (χ4n) is 0.472.